The molecule has 0 aliphatic rings. The molecule has 6 nitrogen and oxygen atoms in total. The van der Waals surface area contributed by atoms with Crippen LogP contribution in [0, 0.1) is 0 Å². The smallest absolute Gasteiger partial charge is 0.181 e. The maximum absolute atomic E-state index is 5.25. The number of pyridine rings is 1. The summed E-state index contributed by atoms with van der Waals surface area (Å²) in [6.45, 7) is 0. The van der Waals surface area contributed by atoms with E-state index in [0.29, 0.717) is 0 Å². The molecule has 2 aromatic heterocycles. The van der Waals surface area contributed by atoms with Gasteiger partial charge in [-0.1, -0.05) is 0 Å². The lowest BCUT2D eigenvalue weighted by atomic mass is 10.2. The fraction of sp³-hybridized carbons (Fsp3) is 0.118. The molecule has 3 rings (SSSR count). The fourth-order valence-electron chi connectivity index (χ4n) is 1.99. The Morgan fingerprint density at radius 3 is 2.52 bits per heavy atom. The Morgan fingerprint density at radius 2 is 1.91 bits per heavy atom. The molecule has 116 valence electrons. The largest absolute Gasteiger partial charge is 0.444 e. The molecule has 0 unspecified atom stereocenters. The third-order valence-electron chi connectivity index (χ3n) is 3.24. The molecule has 2 heterocycles. The van der Waals surface area contributed by atoms with E-state index in [9.17, 15) is 0 Å². The Hall–Kier alpha value is -3.15. The van der Waals surface area contributed by atoms with Gasteiger partial charge in [-0.25, -0.2) is 9.97 Å². The number of hydrogen-bond donors (Lipinski definition) is 1. The number of anilines is 2. The molecule has 0 aliphatic carbocycles. The molecular formula is C17H17N5O. The average molecular weight is 307 g/mol. The first kappa shape index (κ1) is 14.8. The van der Waals surface area contributed by atoms with Crippen LogP contribution in [0.15, 0.2) is 64.7 Å². The molecule has 0 amide bonds. The number of benzene rings is 1. The second-order valence-electron chi connectivity index (χ2n) is 5.16. The van der Waals surface area contributed by atoms with E-state index in [1.165, 1.54) is 6.39 Å². The van der Waals surface area contributed by atoms with Gasteiger partial charge in [0.15, 0.2) is 12.2 Å². The summed E-state index contributed by atoms with van der Waals surface area (Å²) in [5.41, 5.74) is 5.78. The topological polar surface area (TPSA) is 66.5 Å². The van der Waals surface area contributed by atoms with Crippen LogP contribution in [0.3, 0.4) is 0 Å². The number of aromatic nitrogens is 2. The normalized spacial score (nSPS) is 10.9. The molecule has 0 saturated carbocycles. The lowest BCUT2D eigenvalue weighted by molar-refractivity contribution is 0.572. The zero-order valence-electron chi connectivity index (χ0n) is 13.0. The minimum absolute atomic E-state index is 0.743. The lowest BCUT2D eigenvalue weighted by Gasteiger charge is -2.10. The van der Waals surface area contributed by atoms with Crippen LogP contribution in [-0.2, 0) is 0 Å². The predicted molar refractivity (Wildman–Crippen MR) is 91.7 cm³/mol. The summed E-state index contributed by atoms with van der Waals surface area (Å²) in [7, 11) is 3.92. The minimum Gasteiger partial charge on any atom is -0.444 e. The number of nitrogens with one attached hydrogen (secondary N) is 1. The molecule has 1 aromatic carbocycles. The molecule has 1 N–H and O–H groups in total. The zero-order valence-corrected chi connectivity index (χ0v) is 13.0. The van der Waals surface area contributed by atoms with Crippen molar-refractivity contribution in [1.29, 1.82) is 0 Å². The van der Waals surface area contributed by atoms with Crippen LogP contribution >= 0.6 is 0 Å². The Kier molecular flexibility index (Phi) is 4.33. The van der Waals surface area contributed by atoms with Crippen molar-refractivity contribution < 1.29 is 4.42 Å². The van der Waals surface area contributed by atoms with Crippen molar-refractivity contribution in [3.8, 4) is 11.3 Å². The highest BCUT2D eigenvalue weighted by Gasteiger charge is 2.00. The van der Waals surface area contributed by atoms with E-state index in [4.69, 9.17) is 4.42 Å². The Morgan fingerprint density at radius 1 is 1.09 bits per heavy atom. The second kappa shape index (κ2) is 6.74. The van der Waals surface area contributed by atoms with Crippen molar-refractivity contribution in [2.45, 2.75) is 0 Å². The van der Waals surface area contributed by atoms with Crippen molar-refractivity contribution in [3.63, 3.8) is 0 Å². The fourth-order valence-corrected chi connectivity index (χ4v) is 1.99. The van der Waals surface area contributed by atoms with Gasteiger partial charge < -0.3 is 9.32 Å². The van der Waals surface area contributed by atoms with Gasteiger partial charge in [0.2, 0.25) is 0 Å². The molecule has 0 aliphatic heterocycles. The summed E-state index contributed by atoms with van der Waals surface area (Å²) in [4.78, 5) is 10.2. The molecule has 0 radical (unpaired) electrons. The summed E-state index contributed by atoms with van der Waals surface area (Å²) in [6.07, 6.45) is 6.62. The first-order valence-electron chi connectivity index (χ1n) is 7.14. The number of oxazole rings is 1. The molecule has 23 heavy (non-hydrogen) atoms. The number of nitrogens with zero attached hydrogens (tertiary/aromatic N) is 4. The van der Waals surface area contributed by atoms with Gasteiger partial charge >= 0.3 is 0 Å². The Bertz CT molecular complexity index is 762. The van der Waals surface area contributed by atoms with Gasteiger partial charge in [0, 0.05) is 31.4 Å². The molecule has 6 heteroatoms. The summed E-state index contributed by atoms with van der Waals surface area (Å²) < 4.78 is 5.25. The number of hydrogen-bond acceptors (Lipinski definition) is 6. The maximum Gasteiger partial charge on any atom is 0.181 e. The third kappa shape index (κ3) is 3.74. The van der Waals surface area contributed by atoms with Crippen molar-refractivity contribution >= 4 is 17.7 Å². The number of rotatable bonds is 5. The second-order valence-corrected chi connectivity index (χ2v) is 5.16. The van der Waals surface area contributed by atoms with E-state index >= 15 is 0 Å². The highest BCUT2D eigenvalue weighted by molar-refractivity contribution is 5.80. The van der Waals surface area contributed by atoms with Gasteiger partial charge in [0.25, 0.3) is 0 Å². The Balaban J connectivity index is 1.61. The monoisotopic (exact) mass is 307 g/mol. The van der Waals surface area contributed by atoms with E-state index in [0.717, 1.165) is 28.4 Å². The van der Waals surface area contributed by atoms with Crippen LogP contribution in [0.1, 0.15) is 5.56 Å². The quantitative estimate of drug-likeness (QED) is 0.579. The van der Waals surface area contributed by atoms with Crippen LogP contribution in [0.2, 0.25) is 0 Å². The van der Waals surface area contributed by atoms with Crippen molar-refractivity contribution in [1.82, 2.24) is 9.97 Å². The Labute approximate surface area is 134 Å². The molecular weight excluding hydrogens is 290 g/mol. The zero-order chi connectivity index (χ0) is 16.1. The van der Waals surface area contributed by atoms with E-state index in [2.05, 4.69) is 20.5 Å². The van der Waals surface area contributed by atoms with Crippen LogP contribution in [-0.4, -0.2) is 30.3 Å². The van der Waals surface area contributed by atoms with Gasteiger partial charge in [0.05, 0.1) is 18.1 Å². The summed E-state index contributed by atoms with van der Waals surface area (Å²) in [5, 5.41) is 4.21. The third-order valence-corrected chi connectivity index (χ3v) is 3.24. The van der Waals surface area contributed by atoms with E-state index in [-0.39, 0.29) is 0 Å². The first-order valence-corrected chi connectivity index (χ1v) is 7.14. The van der Waals surface area contributed by atoms with Gasteiger partial charge in [-0.3, -0.25) is 5.43 Å². The molecule has 0 spiro atoms. The maximum atomic E-state index is 5.25. The van der Waals surface area contributed by atoms with Crippen molar-refractivity contribution in [3.05, 3.63) is 60.7 Å². The van der Waals surface area contributed by atoms with Crippen LogP contribution in [0.4, 0.5) is 11.5 Å². The SMILES string of the molecule is CN(C)c1ccc(C=NNc2ccc(-c3cnco3)cc2)cn1. The molecule has 0 saturated heterocycles. The lowest BCUT2D eigenvalue weighted by Crippen LogP contribution is -2.10. The van der Waals surface area contributed by atoms with E-state index < -0.39 is 0 Å². The predicted octanol–water partition coefficient (Wildman–Crippen LogP) is 3.25. The van der Waals surface area contributed by atoms with E-state index in [1.807, 2.05) is 55.4 Å². The van der Waals surface area contributed by atoms with Gasteiger partial charge in [-0.05, 0) is 36.4 Å². The van der Waals surface area contributed by atoms with E-state index in [1.54, 1.807) is 18.6 Å². The summed E-state index contributed by atoms with van der Waals surface area (Å²) in [5.74, 6) is 1.66. The van der Waals surface area contributed by atoms with Gasteiger partial charge in [0.1, 0.15) is 5.82 Å². The van der Waals surface area contributed by atoms with Gasteiger partial charge in [-0.2, -0.15) is 5.10 Å². The molecule has 0 bridgehead atoms. The standard InChI is InChI=1S/C17H17N5O/c1-22(2)17-8-3-13(9-19-17)10-20-21-15-6-4-14(5-7-15)16-11-18-12-23-16/h3-12,21H,1-2H3. The number of hydrazone groups is 1. The molecule has 3 aromatic rings. The molecule has 0 fully saturated rings. The minimum atomic E-state index is 0.743. The first-order chi connectivity index (χ1) is 11.2. The summed E-state index contributed by atoms with van der Waals surface area (Å²) in [6, 6.07) is 11.7. The van der Waals surface area contributed by atoms with Crippen molar-refractivity contribution in [2.75, 3.05) is 24.4 Å². The van der Waals surface area contributed by atoms with Crippen LogP contribution in [0.25, 0.3) is 11.3 Å². The summed E-state index contributed by atoms with van der Waals surface area (Å²) >= 11 is 0. The molecule has 0 atom stereocenters. The van der Waals surface area contributed by atoms with Crippen LogP contribution < -0.4 is 10.3 Å². The van der Waals surface area contributed by atoms with Gasteiger partial charge in [-0.15, -0.1) is 0 Å². The van der Waals surface area contributed by atoms with Crippen molar-refractivity contribution in [2.24, 2.45) is 5.10 Å². The highest BCUT2D eigenvalue weighted by atomic mass is 16.3. The average Bonchev–Trinajstić information content (AvgIpc) is 3.10. The highest BCUT2D eigenvalue weighted by Crippen LogP contribution is 2.20. The van der Waals surface area contributed by atoms with Crippen LogP contribution in [0.5, 0.6) is 0 Å².